The van der Waals surface area contributed by atoms with Gasteiger partial charge in [-0.2, -0.15) is 0 Å². The Balaban J connectivity index is 1.69. The van der Waals surface area contributed by atoms with Crippen LogP contribution in [0.3, 0.4) is 0 Å². The first-order chi connectivity index (χ1) is 17.4. The first kappa shape index (κ1) is 23.0. The number of hydrogen-bond donors (Lipinski definition) is 1. The molecule has 8 nitrogen and oxygen atoms in total. The van der Waals surface area contributed by atoms with Gasteiger partial charge in [-0.15, -0.1) is 0 Å². The average Bonchev–Trinajstić information content (AvgIpc) is 2.90. The number of ether oxygens (including phenoxy) is 4. The second-order valence-corrected chi connectivity index (χ2v) is 8.00. The summed E-state index contributed by atoms with van der Waals surface area (Å²) >= 11 is 0. The number of nitrogens with zero attached hydrogens (tertiary/aromatic N) is 1. The molecule has 8 heteroatoms. The highest BCUT2D eigenvalue weighted by atomic mass is 16.5. The Morgan fingerprint density at radius 2 is 1.31 bits per heavy atom. The Morgan fingerprint density at radius 1 is 0.694 bits per heavy atom. The van der Waals surface area contributed by atoms with E-state index in [0.29, 0.717) is 67.8 Å². The standard InChI is InChI=1S/C28H23NO7/c1-32-15-5-7-17(25(9-15)34-3)19-11-21-27(13-23(19)30)36-28-14-24(31)20(12-22(28)29-21)18-8-6-16(33-2)10-26(18)35-4/h5-14,30H,1-4H3. The fourth-order valence-electron chi connectivity index (χ4n) is 4.16. The summed E-state index contributed by atoms with van der Waals surface area (Å²) in [6.07, 6.45) is 0. The number of aromatic nitrogens is 1. The number of fused-ring (bicyclic) bond motifs is 2. The lowest BCUT2D eigenvalue weighted by Crippen LogP contribution is -2.07. The van der Waals surface area contributed by atoms with Crippen molar-refractivity contribution < 1.29 is 28.5 Å². The summed E-state index contributed by atoms with van der Waals surface area (Å²) in [5.74, 6) is 2.57. The summed E-state index contributed by atoms with van der Waals surface area (Å²) < 4.78 is 27.5. The third-order valence-electron chi connectivity index (χ3n) is 6.00. The van der Waals surface area contributed by atoms with Crippen LogP contribution in [0.5, 0.6) is 28.7 Å². The van der Waals surface area contributed by atoms with Gasteiger partial charge in [-0.3, -0.25) is 4.79 Å². The molecule has 1 aliphatic heterocycles. The average molecular weight is 485 g/mol. The molecule has 182 valence electrons. The molecule has 1 heterocycles. The smallest absolute Gasteiger partial charge is 0.190 e. The SMILES string of the molecule is COc1ccc(-c2cc3nc4cc(-c5ccc(OC)cc5OC)c(=O)cc-4oc3cc2O)c(OC)c1. The molecule has 3 aromatic rings. The van der Waals surface area contributed by atoms with E-state index in [1.807, 2.05) is 0 Å². The maximum Gasteiger partial charge on any atom is 0.190 e. The molecule has 0 radical (unpaired) electrons. The zero-order chi connectivity index (χ0) is 25.4. The number of rotatable bonds is 6. The number of aromatic hydroxyl groups is 1. The molecule has 0 saturated carbocycles. The number of hydrogen-bond acceptors (Lipinski definition) is 8. The molecule has 0 amide bonds. The van der Waals surface area contributed by atoms with E-state index >= 15 is 0 Å². The fraction of sp³-hybridized carbons (Fsp3) is 0.143. The zero-order valence-corrected chi connectivity index (χ0v) is 20.1. The van der Waals surface area contributed by atoms with Crippen LogP contribution in [0.1, 0.15) is 0 Å². The van der Waals surface area contributed by atoms with Crippen molar-refractivity contribution in [1.82, 2.24) is 4.98 Å². The van der Waals surface area contributed by atoms with Crippen LogP contribution < -0.4 is 24.4 Å². The fourth-order valence-corrected chi connectivity index (χ4v) is 4.16. The van der Waals surface area contributed by atoms with Gasteiger partial charge in [0.15, 0.2) is 16.8 Å². The number of phenolic OH excluding ortho intramolecular Hbond substituents is 1. The zero-order valence-electron chi connectivity index (χ0n) is 20.1. The van der Waals surface area contributed by atoms with Crippen molar-refractivity contribution in [3.05, 3.63) is 70.9 Å². The van der Waals surface area contributed by atoms with E-state index in [4.69, 9.17) is 28.3 Å². The molecule has 0 atom stereocenters. The molecule has 36 heavy (non-hydrogen) atoms. The molecule has 0 unspecified atom stereocenters. The van der Waals surface area contributed by atoms with Crippen LogP contribution in [0.25, 0.3) is 44.8 Å². The Morgan fingerprint density at radius 3 is 1.89 bits per heavy atom. The molecule has 0 bridgehead atoms. The van der Waals surface area contributed by atoms with Crippen LogP contribution in [-0.4, -0.2) is 38.5 Å². The quantitative estimate of drug-likeness (QED) is 0.321. The minimum atomic E-state index is -0.250. The molecule has 1 N–H and O–H groups in total. The van der Waals surface area contributed by atoms with Crippen molar-refractivity contribution in [2.45, 2.75) is 0 Å². The second kappa shape index (κ2) is 9.14. The van der Waals surface area contributed by atoms with Gasteiger partial charge in [0.1, 0.15) is 40.0 Å². The van der Waals surface area contributed by atoms with Crippen LogP contribution in [-0.2, 0) is 0 Å². The Bertz CT molecular complexity index is 1620. The molecular weight excluding hydrogens is 462 g/mol. The van der Waals surface area contributed by atoms with E-state index in [1.165, 1.54) is 19.2 Å². The second-order valence-electron chi connectivity index (χ2n) is 8.00. The third kappa shape index (κ3) is 3.92. The number of methoxy groups -OCH3 is 4. The van der Waals surface area contributed by atoms with E-state index < -0.39 is 0 Å². The summed E-state index contributed by atoms with van der Waals surface area (Å²) in [5.41, 5.74) is 3.28. The lowest BCUT2D eigenvalue weighted by atomic mass is 10.0. The molecule has 0 spiro atoms. The molecule has 5 rings (SSSR count). The van der Waals surface area contributed by atoms with E-state index in [9.17, 15) is 9.90 Å². The van der Waals surface area contributed by atoms with Crippen LogP contribution in [0.15, 0.2) is 69.9 Å². The lowest BCUT2D eigenvalue weighted by molar-refractivity contribution is 0.395. The van der Waals surface area contributed by atoms with Gasteiger partial charge in [-0.05, 0) is 36.4 Å². The van der Waals surface area contributed by atoms with Gasteiger partial charge in [-0.25, -0.2) is 4.98 Å². The highest BCUT2D eigenvalue weighted by Gasteiger charge is 2.19. The highest BCUT2D eigenvalue weighted by Crippen LogP contribution is 2.41. The molecule has 0 saturated heterocycles. The van der Waals surface area contributed by atoms with Crippen LogP contribution in [0.2, 0.25) is 0 Å². The number of benzene rings is 4. The lowest BCUT2D eigenvalue weighted by Gasteiger charge is -2.14. The van der Waals surface area contributed by atoms with E-state index in [0.717, 1.165) is 0 Å². The summed E-state index contributed by atoms with van der Waals surface area (Å²) in [6.45, 7) is 0. The molecule has 0 aromatic heterocycles. The summed E-state index contributed by atoms with van der Waals surface area (Å²) in [5, 5.41) is 10.8. The van der Waals surface area contributed by atoms with Crippen molar-refractivity contribution in [2.24, 2.45) is 0 Å². The van der Waals surface area contributed by atoms with Gasteiger partial charge in [0.25, 0.3) is 0 Å². The third-order valence-corrected chi connectivity index (χ3v) is 6.00. The molecular formula is C28H23NO7. The first-order valence-electron chi connectivity index (χ1n) is 11.0. The minimum absolute atomic E-state index is 0.0159. The van der Waals surface area contributed by atoms with Crippen molar-refractivity contribution in [3.8, 4) is 62.5 Å². The Kier molecular flexibility index (Phi) is 5.85. The summed E-state index contributed by atoms with van der Waals surface area (Å²) in [7, 11) is 6.22. The van der Waals surface area contributed by atoms with Crippen LogP contribution in [0.4, 0.5) is 0 Å². The van der Waals surface area contributed by atoms with Gasteiger partial charge < -0.3 is 28.5 Å². The van der Waals surface area contributed by atoms with Gasteiger partial charge >= 0.3 is 0 Å². The predicted molar refractivity (Wildman–Crippen MR) is 136 cm³/mol. The van der Waals surface area contributed by atoms with E-state index in [-0.39, 0.29) is 11.2 Å². The van der Waals surface area contributed by atoms with Crippen molar-refractivity contribution in [2.75, 3.05) is 28.4 Å². The van der Waals surface area contributed by atoms with Crippen molar-refractivity contribution in [3.63, 3.8) is 0 Å². The minimum Gasteiger partial charge on any atom is -0.507 e. The van der Waals surface area contributed by atoms with Gasteiger partial charge in [-0.1, -0.05) is 0 Å². The molecule has 2 aliphatic rings. The largest absolute Gasteiger partial charge is 0.507 e. The monoisotopic (exact) mass is 485 g/mol. The molecule has 3 aromatic carbocycles. The van der Waals surface area contributed by atoms with E-state index in [2.05, 4.69) is 0 Å². The Hall–Kier alpha value is -4.72. The normalized spacial score (nSPS) is 11.0. The first-order valence-corrected chi connectivity index (χ1v) is 11.0. The molecule has 0 fully saturated rings. The number of phenols is 1. The van der Waals surface area contributed by atoms with Gasteiger partial charge in [0, 0.05) is 46.5 Å². The van der Waals surface area contributed by atoms with Crippen molar-refractivity contribution in [1.29, 1.82) is 0 Å². The van der Waals surface area contributed by atoms with Gasteiger partial charge in [0.05, 0.1) is 28.4 Å². The topological polar surface area (TPSA) is 100 Å². The Labute approximate surface area is 206 Å². The van der Waals surface area contributed by atoms with Crippen LogP contribution >= 0.6 is 0 Å². The highest BCUT2D eigenvalue weighted by molar-refractivity contribution is 5.88. The van der Waals surface area contributed by atoms with Gasteiger partial charge in [0.2, 0.25) is 0 Å². The van der Waals surface area contributed by atoms with Crippen LogP contribution in [0, 0.1) is 0 Å². The summed E-state index contributed by atoms with van der Waals surface area (Å²) in [4.78, 5) is 17.7. The summed E-state index contributed by atoms with van der Waals surface area (Å²) in [6, 6.07) is 16.8. The maximum absolute atomic E-state index is 13.0. The van der Waals surface area contributed by atoms with Crippen molar-refractivity contribution >= 4 is 11.1 Å². The predicted octanol–water partition coefficient (Wildman–Crippen LogP) is 5.37. The maximum atomic E-state index is 13.0. The molecule has 1 aliphatic carbocycles. The van der Waals surface area contributed by atoms with E-state index in [1.54, 1.807) is 69.9 Å².